The Morgan fingerprint density at radius 2 is 2.17 bits per heavy atom. The molecule has 0 aromatic carbocycles. The normalized spacial score (nSPS) is 10.4. The number of carbonyl (C=O) groups excluding carboxylic acids is 1. The van der Waals surface area contributed by atoms with E-state index in [1.807, 2.05) is 13.1 Å². The van der Waals surface area contributed by atoms with Gasteiger partial charge >= 0.3 is 0 Å². The van der Waals surface area contributed by atoms with E-state index in [0.717, 1.165) is 20.6 Å². The highest BCUT2D eigenvalue weighted by molar-refractivity contribution is 7.18. The number of thiophene rings is 1. The summed E-state index contributed by atoms with van der Waals surface area (Å²) in [5, 5.41) is 6.79. The Kier molecular flexibility index (Phi) is 3.98. The lowest BCUT2D eigenvalue weighted by Crippen LogP contribution is -2.17. The minimum absolute atomic E-state index is 0.00717. The number of nitrogens with zero attached hydrogens (tertiary/aromatic N) is 1. The monoisotopic (exact) mass is 281 g/mol. The largest absolute Gasteiger partial charge is 0.365 e. The van der Waals surface area contributed by atoms with Crippen molar-refractivity contribution in [1.82, 2.24) is 10.3 Å². The molecular weight excluding hydrogens is 266 g/mol. The lowest BCUT2D eigenvalue weighted by atomic mass is 10.3. The molecule has 18 heavy (non-hydrogen) atoms. The highest BCUT2D eigenvalue weighted by Gasteiger charge is 2.11. The van der Waals surface area contributed by atoms with Crippen molar-refractivity contribution in [2.75, 3.05) is 12.4 Å². The van der Waals surface area contributed by atoms with Crippen LogP contribution in [0.4, 0.5) is 5.13 Å². The van der Waals surface area contributed by atoms with Gasteiger partial charge in [0.25, 0.3) is 0 Å². The second kappa shape index (κ2) is 5.49. The molecule has 0 spiro atoms. The Labute approximate surface area is 114 Å². The topological polar surface area (TPSA) is 54.0 Å². The van der Waals surface area contributed by atoms with Crippen molar-refractivity contribution in [3.05, 3.63) is 21.9 Å². The van der Waals surface area contributed by atoms with Gasteiger partial charge in [-0.15, -0.1) is 22.7 Å². The summed E-state index contributed by atoms with van der Waals surface area (Å²) in [6, 6.07) is 4.09. The fourth-order valence-corrected chi connectivity index (χ4v) is 3.38. The number of amides is 1. The van der Waals surface area contributed by atoms with E-state index in [1.165, 1.54) is 11.8 Å². The molecule has 2 N–H and O–H groups in total. The first-order valence-corrected chi connectivity index (χ1v) is 7.22. The van der Waals surface area contributed by atoms with Gasteiger partial charge in [0.2, 0.25) is 5.91 Å². The zero-order chi connectivity index (χ0) is 13.1. The van der Waals surface area contributed by atoms with Crippen LogP contribution in [0.2, 0.25) is 0 Å². The predicted octanol–water partition coefficient (Wildman–Crippen LogP) is 2.86. The molecule has 6 heteroatoms. The standard InChI is InChI=1S/C12H15N3OS2/c1-7-11(15-12(13-3)17-7)10-5-4-9(18-10)6-14-8(2)16/h4-5H,6H2,1-3H3,(H,13,15)(H,14,16). The smallest absolute Gasteiger partial charge is 0.217 e. The van der Waals surface area contributed by atoms with Crippen LogP contribution in [0.3, 0.4) is 0 Å². The van der Waals surface area contributed by atoms with E-state index >= 15 is 0 Å². The third-order valence-corrected chi connectivity index (χ3v) is 4.50. The Bertz CT molecular complexity index is 559. The number of aryl methyl sites for hydroxylation is 1. The molecule has 0 saturated carbocycles. The summed E-state index contributed by atoms with van der Waals surface area (Å²) in [5.41, 5.74) is 1.03. The summed E-state index contributed by atoms with van der Waals surface area (Å²) < 4.78 is 0. The molecule has 0 aliphatic rings. The first-order valence-electron chi connectivity index (χ1n) is 5.59. The molecule has 0 unspecified atom stereocenters. The fourth-order valence-electron chi connectivity index (χ4n) is 1.54. The van der Waals surface area contributed by atoms with Crippen LogP contribution in [0.15, 0.2) is 12.1 Å². The van der Waals surface area contributed by atoms with Crippen molar-refractivity contribution < 1.29 is 4.79 Å². The van der Waals surface area contributed by atoms with Gasteiger partial charge in [0.1, 0.15) is 0 Å². The summed E-state index contributed by atoms with van der Waals surface area (Å²) in [6.45, 7) is 4.18. The van der Waals surface area contributed by atoms with Crippen LogP contribution in [0.1, 0.15) is 16.7 Å². The average molecular weight is 281 g/mol. The molecule has 2 aromatic rings. The maximum absolute atomic E-state index is 10.9. The van der Waals surface area contributed by atoms with Crippen LogP contribution in [-0.2, 0) is 11.3 Å². The van der Waals surface area contributed by atoms with Crippen LogP contribution < -0.4 is 10.6 Å². The highest BCUT2D eigenvalue weighted by Crippen LogP contribution is 2.34. The van der Waals surface area contributed by atoms with Crippen molar-refractivity contribution in [2.45, 2.75) is 20.4 Å². The molecule has 96 valence electrons. The molecule has 4 nitrogen and oxygen atoms in total. The third-order valence-electron chi connectivity index (χ3n) is 2.42. The summed E-state index contributed by atoms with van der Waals surface area (Å²) in [4.78, 5) is 18.9. The van der Waals surface area contributed by atoms with E-state index in [1.54, 1.807) is 22.7 Å². The molecule has 2 aromatic heterocycles. The molecule has 2 rings (SSSR count). The third kappa shape index (κ3) is 2.88. The number of carbonyl (C=O) groups is 1. The molecule has 0 aliphatic heterocycles. The maximum atomic E-state index is 10.9. The summed E-state index contributed by atoms with van der Waals surface area (Å²) in [6.07, 6.45) is 0. The van der Waals surface area contributed by atoms with Gasteiger partial charge in [0.05, 0.1) is 17.1 Å². The van der Waals surface area contributed by atoms with E-state index in [4.69, 9.17) is 0 Å². The van der Waals surface area contributed by atoms with Crippen molar-refractivity contribution in [1.29, 1.82) is 0 Å². The van der Waals surface area contributed by atoms with Gasteiger partial charge in [-0.1, -0.05) is 0 Å². The quantitative estimate of drug-likeness (QED) is 0.906. The van der Waals surface area contributed by atoms with Crippen LogP contribution in [0.5, 0.6) is 0 Å². The zero-order valence-corrected chi connectivity index (χ0v) is 12.2. The molecule has 0 atom stereocenters. The second-order valence-electron chi connectivity index (χ2n) is 3.85. The lowest BCUT2D eigenvalue weighted by Gasteiger charge is -1.97. The first-order chi connectivity index (χ1) is 8.60. The van der Waals surface area contributed by atoms with Crippen LogP contribution in [-0.4, -0.2) is 17.9 Å². The summed E-state index contributed by atoms with van der Waals surface area (Å²) in [7, 11) is 1.87. The van der Waals surface area contributed by atoms with Gasteiger partial charge in [0.15, 0.2) is 5.13 Å². The van der Waals surface area contributed by atoms with Crippen molar-refractivity contribution in [2.24, 2.45) is 0 Å². The minimum Gasteiger partial charge on any atom is -0.365 e. The zero-order valence-electron chi connectivity index (χ0n) is 10.5. The van der Waals surface area contributed by atoms with Gasteiger partial charge < -0.3 is 10.6 Å². The molecule has 2 heterocycles. The van der Waals surface area contributed by atoms with Gasteiger partial charge in [-0.2, -0.15) is 0 Å². The van der Waals surface area contributed by atoms with Crippen molar-refractivity contribution >= 4 is 33.7 Å². The number of rotatable bonds is 4. The van der Waals surface area contributed by atoms with Crippen molar-refractivity contribution in [3.63, 3.8) is 0 Å². The van der Waals surface area contributed by atoms with Gasteiger partial charge in [0, 0.05) is 23.7 Å². The van der Waals surface area contributed by atoms with Gasteiger partial charge in [-0.3, -0.25) is 4.79 Å². The number of hydrogen-bond acceptors (Lipinski definition) is 5. The molecule has 1 amide bonds. The molecule has 0 bridgehead atoms. The highest BCUT2D eigenvalue weighted by atomic mass is 32.1. The first kappa shape index (κ1) is 13.0. The number of aromatic nitrogens is 1. The number of nitrogens with one attached hydrogen (secondary N) is 2. The Balaban J connectivity index is 2.18. The van der Waals surface area contributed by atoms with Gasteiger partial charge in [-0.25, -0.2) is 4.98 Å². The van der Waals surface area contributed by atoms with E-state index in [-0.39, 0.29) is 5.91 Å². The van der Waals surface area contributed by atoms with Crippen molar-refractivity contribution in [3.8, 4) is 10.6 Å². The van der Waals surface area contributed by atoms with Crippen LogP contribution in [0.25, 0.3) is 10.6 Å². The Morgan fingerprint density at radius 1 is 1.39 bits per heavy atom. The summed E-state index contributed by atoms with van der Waals surface area (Å²) >= 11 is 3.32. The summed E-state index contributed by atoms with van der Waals surface area (Å²) in [5.74, 6) is -0.00717. The number of anilines is 1. The average Bonchev–Trinajstić information content (AvgIpc) is 2.92. The number of hydrogen-bond donors (Lipinski definition) is 2. The Hall–Kier alpha value is -1.40. The Morgan fingerprint density at radius 3 is 2.78 bits per heavy atom. The number of thiazole rings is 1. The fraction of sp³-hybridized carbons (Fsp3) is 0.333. The molecular formula is C12H15N3OS2. The molecule has 0 fully saturated rings. The molecule has 0 radical (unpaired) electrons. The predicted molar refractivity (Wildman–Crippen MR) is 77.2 cm³/mol. The molecule has 0 aliphatic carbocycles. The van der Waals surface area contributed by atoms with Crippen LogP contribution >= 0.6 is 22.7 Å². The van der Waals surface area contributed by atoms with E-state index in [9.17, 15) is 4.79 Å². The minimum atomic E-state index is -0.00717. The maximum Gasteiger partial charge on any atom is 0.217 e. The molecule has 0 saturated heterocycles. The van der Waals surface area contributed by atoms with E-state index < -0.39 is 0 Å². The van der Waals surface area contributed by atoms with E-state index in [0.29, 0.717) is 6.54 Å². The lowest BCUT2D eigenvalue weighted by molar-refractivity contribution is -0.119. The second-order valence-corrected chi connectivity index (χ2v) is 6.22. The SMILES string of the molecule is CNc1nc(-c2ccc(CNC(C)=O)s2)c(C)s1. The van der Waals surface area contributed by atoms with Crippen LogP contribution in [0, 0.1) is 6.92 Å². The van der Waals surface area contributed by atoms with E-state index in [2.05, 4.69) is 28.6 Å². The van der Waals surface area contributed by atoms with Gasteiger partial charge in [-0.05, 0) is 19.1 Å².